The van der Waals surface area contributed by atoms with Crippen molar-refractivity contribution in [3.05, 3.63) is 0 Å². The Hall–Kier alpha value is -0.0400. The number of nitrogens with one attached hydrogen (secondary N) is 1. The fourth-order valence-electron chi connectivity index (χ4n) is 3.45. The Morgan fingerprint density at radius 1 is 0.688 bits per heavy atom. The van der Waals surface area contributed by atoms with Gasteiger partial charge in [-0.25, -0.2) is 0 Å². The fourth-order valence-corrected chi connectivity index (χ4v) is 3.45. The molecule has 0 amide bonds. The standard InChI is InChI=1S/C15H29N/c1-2-5-9-14(8-4-1)12-13-16-15-10-6-3-7-11-15/h14-16H,1-13H2. The van der Waals surface area contributed by atoms with Crippen LogP contribution in [-0.4, -0.2) is 12.6 Å². The molecule has 1 heteroatoms. The van der Waals surface area contributed by atoms with E-state index in [1.165, 1.54) is 83.6 Å². The Bertz CT molecular complexity index is 164. The molecule has 0 saturated heterocycles. The highest BCUT2D eigenvalue weighted by atomic mass is 14.9. The van der Waals surface area contributed by atoms with E-state index in [1.807, 2.05) is 0 Å². The van der Waals surface area contributed by atoms with Crippen molar-refractivity contribution >= 4 is 0 Å². The molecule has 2 fully saturated rings. The minimum absolute atomic E-state index is 0.861. The molecule has 0 atom stereocenters. The Kier molecular flexibility index (Phi) is 5.68. The molecular formula is C15H29N. The summed E-state index contributed by atoms with van der Waals surface area (Å²) in [5.41, 5.74) is 0. The molecule has 0 bridgehead atoms. The van der Waals surface area contributed by atoms with E-state index >= 15 is 0 Å². The molecule has 0 aromatic heterocycles. The monoisotopic (exact) mass is 223 g/mol. The van der Waals surface area contributed by atoms with E-state index in [9.17, 15) is 0 Å². The lowest BCUT2D eigenvalue weighted by atomic mass is 9.94. The Balaban J connectivity index is 1.55. The van der Waals surface area contributed by atoms with Crippen LogP contribution in [0.15, 0.2) is 0 Å². The van der Waals surface area contributed by atoms with Crippen LogP contribution in [-0.2, 0) is 0 Å². The molecule has 16 heavy (non-hydrogen) atoms. The van der Waals surface area contributed by atoms with E-state index in [-0.39, 0.29) is 0 Å². The maximum atomic E-state index is 3.79. The molecule has 0 aliphatic heterocycles. The second-order valence-corrected chi connectivity index (χ2v) is 5.94. The van der Waals surface area contributed by atoms with Crippen LogP contribution in [0.1, 0.15) is 77.0 Å². The van der Waals surface area contributed by atoms with E-state index < -0.39 is 0 Å². The molecule has 0 radical (unpaired) electrons. The van der Waals surface area contributed by atoms with Gasteiger partial charge in [0, 0.05) is 6.04 Å². The maximum Gasteiger partial charge on any atom is 0.00670 e. The molecule has 2 rings (SSSR count). The lowest BCUT2D eigenvalue weighted by molar-refractivity contribution is 0.346. The van der Waals surface area contributed by atoms with Gasteiger partial charge < -0.3 is 5.32 Å². The van der Waals surface area contributed by atoms with E-state index in [1.54, 1.807) is 0 Å². The topological polar surface area (TPSA) is 12.0 Å². The molecule has 2 saturated carbocycles. The second kappa shape index (κ2) is 7.32. The summed E-state index contributed by atoms with van der Waals surface area (Å²) in [7, 11) is 0. The zero-order valence-corrected chi connectivity index (χ0v) is 10.8. The normalized spacial score (nSPS) is 25.5. The van der Waals surface area contributed by atoms with Crippen molar-refractivity contribution in [1.29, 1.82) is 0 Å². The van der Waals surface area contributed by atoms with Crippen LogP contribution >= 0.6 is 0 Å². The van der Waals surface area contributed by atoms with Gasteiger partial charge in [0.1, 0.15) is 0 Å². The van der Waals surface area contributed by atoms with Crippen molar-refractivity contribution in [2.45, 2.75) is 83.1 Å². The predicted octanol–water partition coefficient (Wildman–Crippen LogP) is 4.27. The molecule has 0 aromatic carbocycles. The van der Waals surface area contributed by atoms with Crippen molar-refractivity contribution in [3.8, 4) is 0 Å². The van der Waals surface area contributed by atoms with Crippen LogP contribution in [0.5, 0.6) is 0 Å². The quantitative estimate of drug-likeness (QED) is 0.702. The Labute approximate surface area is 101 Å². The SMILES string of the molecule is C1CCCC(CCNC2CCCCC2)CC1. The van der Waals surface area contributed by atoms with Crippen LogP contribution < -0.4 is 5.32 Å². The minimum atomic E-state index is 0.861. The molecular weight excluding hydrogens is 194 g/mol. The van der Waals surface area contributed by atoms with Gasteiger partial charge >= 0.3 is 0 Å². The third kappa shape index (κ3) is 4.45. The first-order chi connectivity index (χ1) is 7.95. The summed E-state index contributed by atoms with van der Waals surface area (Å²) >= 11 is 0. The van der Waals surface area contributed by atoms with E-state index in [4.69, 9.17) is 0 Å². The highest BCUT2D eigenvalue weighted by molar-refractivity contribution is 4.73. The molecule has 2 aliphatic carbocycles. The molecule has 2 aliphatic rings. The average molecular weight is 223 g/mol. The summed E-state index contributed by atoms with van der Waals surface area (Å²) in [4.78, 5) is 0. The Morgan fingerprint density at radius 2 is 1.25 bits per heavy atom. The van der Waals surface area contributed by atoms with Crippen LogP contribution in [0.2, 0.25) is 0 Å². The van der Waals surface area contributed by atoms with Gasteiger partial charge in [-0.15, -0.1) is 0 Å². The van der Waals surface area contributed by atoms with Crippen LogP contribution in [0.4, 0.5) is 0 Å². The van der Waals surface area contributed by atoms with Gasteiger partial charge in [0.15, 0.2) is 0 Å². The molecule has 1 nitrogen and oxygen atoms in total. The van der Waals surface area contributed by atoms with Crippen LogP contribution in [0.3, 0.4) is 0 Å². The van der Waals surface area contributed by atoms with Crippen molar-refractivity contribution in [2.75, 3.05) is 6.54 Å². The van der Waals surface area contributed by atoms with E-state index in [2.05, 4.69) is 5.32 Å². The summed E-state index contributed by atoms with van der Waals surface area (Å²) in [6.45, 7) is 1.29. The fraction of sp³-hybridized carbons (Fsp3) is 1.00. The third-order valence-electron chi connectivity index (χ3n) is 4.57. The van der Waals surface area contributed by atoms with Gasteiger partial charge in [-0.2, -0.15) is 0 Å². The van der Waals surface area contributed by atoms with E-state index in [0.29, 0.717) is 0 Å². The first-order valence-electron chi connectivity index (χ1n) is 7.68. The van der Waals surface area contributed by atoms with Gasteiger partial charge in [0.25, 0.3) is 0 Å². The molecule has 94 valence electrons. The molecule has 0 aromatic rings. The number of hydrogen-bond acceptors (Lipinski definition) is 1. The highest BCUT2D eigenvalue weighted by Crippen LogP contribution is 2.25. The minimum Gasteiger partial charge on any atom is -0.314 e. The van der Waals surface area contributed by atoms with Gasteiger partial charge in [-0.05, 0) is 31.7 Å². The summed E-state index contributed by atoms with van der Waals surface area (Å²) in [5.74, 6) is 1.04. The lowest BCUT2D eigenvalue weighted by Gasteiger charge is -2.24. The van der Waals surface area contributed by atoms with E-state index in [0.717, 1.165) is 12.0 Å². The molecule has 1 N–H and O–H groups in total. The van der Waals surface area contributed by atoms with Gasteiger partial charge in [0.2, 0.25) is 0 Å². The smallest absolute Gasteiger partial charge is 0.00670 e. The summed E-state index contributed by atoms with van der Waals surface area (Å²) in [5, 5.41) is 3.79. The van der Waals surface area contributed by atoms with Crippen LogP contribution in [0.25, 0.3) is 0 Å². The number of hydrogen-bond donors (Lipinski definition) is 1. The van der Waals surface area contributed by atoms with Gasteiger partial charge in [-0.1, -0.05) is 57.8 Å². The summed E-state index contributed by atoms with van der Waals surface area (Å²) in [6.07, 6.45) is 17.7. The highest BCUT2D eigenvalue weighted by Gasteiger charge is 2.15. The van der Waals surface area contributed by atoms with Crippen molar-refractivity contribution < 1.29 is 0 Å². The maximum absolute atomic E-state index is 3.79. The molecule has 0 spiro atoms. The lowest BCUT2D eigenvalue weighted by Crippen LogP contribution is -2.32. The molecule has 0 heterocycles. The van der Waals surface area contributed by atoms with Crippen molar-refractivity contribution in [1.82, 2.24) is 5.32 Å². The van der Waals surface area contributed by atoms with Crippen molar-refractivity contribution in [3.63, 3.8) is 0 Å². The first-order valence-corrected chi connectivity index (χ1v) is 7.68. The summed E-state index contributed by atoms with van der Waals surface area (Å²) < 4.78 is 0. The number of rotatable bonds is 4. The second-order valence-electron chi connectivity index (χ2n) is 5.94. The van der Waals surface area contributed by atoms with Gasteiger partial charge in [0.05, 0.1) is 0 Å². The summed E-state index contributed by atoms with van der Waals surface area (Å²) in [6, 6.07) is 0.861. The third-order valence-corrected chi connectivity index (χ3v) is 4.57. The van der Waals surface area contributed by atoms with Crippen LogP contribution in [0, 0.1) is 5.92 Å². The zero-order valence-electron chi connectivity index (χ0n) is 10.8. The van der Waals surface area contributed by atoms with Crippen molar-refractivity contribution in [2.24, 2.45) is 5.92 Å². The molecule has 0 unspecified atom stereocenters. The average Bonchev–Trinajstić information content (AvgIpc) is 2.59. The largest absolute Gasteiger partial charge is 0.314 e. The first kappa shape index (κ1) is 12.4. The van der Waals surface area contributed by atoms with Gasteiger partial charge in [-0.3, -0.25) is 0 Å². The predicted molar refractivity (Wildman–Crippen MR) is 70.7 cm³/mol. The Morgan fingerprint density at radius 3 is 1.94 bits per heavy atom. The zero-order chi connectivity index (χ0) is 11.1.